The van der Waals surface area contributed by atoms with Gasteiger partial charge in [0.25, 0.3) is 0 Å². The fraction of sp³-hybridized carbons (Fsp3) is 0.160. The second kappa shape index (κ2) is 11.9. The van der Waals surface area contributed by atoms with Crippen LogP contribution < -0.4 is 25.0 Å². The molecule has 170 valence electrons. The molecule has 3 rings (SSSR count). The van der Waals surface area contributed by atoms with Crippen LogP contribution in [0.15, 0.2) is 77.9 Å². The van der Waals surface area contributed by atoms with Crippen molar-refractivity contribution >= 4 is 23.7 Å². The zero-order valence-corrected chi connectivity index (χ0v) is 18.4. The molecule has 0 radical (unpaired) electrons. The number of carbonyl (C=O) groups is 2. The lowest BCUT2D eigenvalue weighted by molar-refractivity contribution is -0.126. The molecule has 0 aliphatic rings. The largest absolute Gasteiger partial charge is 0.497 e. The Hall–Kier alpha value is -4.33. The van der Waals surface area contributed by atoms with Gasteiger partial charge >= 0.3 is 0 Å². The summed E-state index contributed by atoms with van der Waals surface area (Å²) >= 11 is 0. The first-order chi connectivity index (χ1) is 16.1. The van der Waals surface area contributed by atoms with Gasteiger partial charge in [-0.3, -0.25) is 9.59 Å². The quantitative estimate of drug-likeness (QED) is 0.280. The summed E-state index contributed by atoms with van der Waals surface area (Å²) in [7, 11) is 3.08. The Morgan fingerprint density at radius 3 is 2.45 bits per heavy atom. The fourth-order valence-corrected chi connectivity index (χ4v) is 2.89. The molecular formula is C25H25N3O5. The Morgan fingerprint density at radius 2 is 1.70 bits per heavy atom. The van der Waals surface area contributed by atoms with Crippen LogP contribution in [0.2, 0.25) is 0 Å². The SMILES string of the molecule is COc1cccc(NC(=O)CC(=O)NN=Cc2ccc(OCc3ccccc3)c(OC)c2)c1. The smallest absolute Gasteiger partial charge is 0.249 e. The van der Waals surface area contributed by atoms with E-state index in [1.54, 1.807) is 49.6 Å². The van der Waals surface area contributed by atoms with E-state index < -0.39 is 11.8 Å². The molecule has 2 N–H and O–H groups in total. The predicted molar refractivity (Wildman–Crippen MR) is 126 cm³/mol. The number of anilines is 1. The number of hydrogen-bond acceptors (Lipinski definition) is 6. The Labute approximate surface area is 192 Å². The lowest BCUT2D eigenvalue weighted by Crippen LogP contribution is -2.24. The molecule has 0 aromatic heterocycles. The second-order valence-electron chi connectivity index (χ2n) is 6.93. The highest BCUT2D eigenvalue weighted by Gasteiger charge is 2.10. The average Bonchev–Trinajstić information content (AvgIpc) is 2.83. The molecule has 2 amide bonds. The third-order valence-electron chi connectivity index (χ3n) is 4.50. The first-order valence-corrected chi connectivity index (χ1v) is 10.2. The molecule has 0 aliphatic heterocycles. The fourth-order valence-electron chi connectivity index (χ4n) is 2.89. The van der Waals surface area contributed by atoms with Gasteiger partial charge in [0.2, 0.25) is 11.8 Å². The minimum Gasteiger partial charge on any atom is -0.497 e. The molecule has 3 aromatic carbocycles. The zero-order chi connectivity index (χ0) is 23.5. The molecular weight excluding hydrogens is 422 g/mol. The predicted octanol–water partition coefficient (Wildman–Crippen LogP) is 3.76. The molecule has 0 unspecified atom stereocenters. The number of carbonyl (C=O) groups excluding carboxylic acids is 2. The van der Waals surface area contributed by atoms with Crippen LogP contribution in [0.4, 0.5) is 5.69 Å². The van der Waals surface area contributed by atoms with Crippen LogP contribution in [0.1, 0.15) is 17.5 Å². The third kappa shape index (κ3) is 7.39. The van der Waals surface area contributed by atoms with E-state index in [0.717, 1.165) is 5.56 Å². The molecule has 0 saturated carbocycles. The van der Waals surface area contributed by atoms with Gasteiger partial charge in [0.05, 0.1) is 20.4 Å². The van der Waals surface area contributed by atoms with Crippen molar-refractivity contribution in [2.45, 2.75) is 13.0 Å². The van der Waals surface area contributed by atoms with Crippen molar-refractivity contribution in [2.24, 2.45) is 5.10 Å². The summed E-state index contributed by atoms with van der Waals surface area (Å²) in [6.07, 6.45) is 1.09. The molecule has 33 heavy (non-hydrogen) atoms. The number of hydrogen-bond donors (Lipinski definition) is 2. The van der Waals surface area contributed by atoms with E-state index in [0.29, 0.717) is 35.1 Å². The minimum absolute atomic E-state index is 0.371. The first kappa shape index (κ1) is 23.3. The number of benzene rings is 3. The maximum absolute atomic E-state index is 12.0. The van der Waals surface area contributed by atoms with Crippen LogP contribution in [-0.2, 0) is 16.2 Å². The van der Waals surface area contributed by atoms with Gasteiger partial charge in [-0.15, -0.1) is 0 Å². The van der Waals surface area contributed by atoms with E-state index in [1.165, 1.54) is 13.3 Å². The Bertz CT molecular complexity index is 1120. The van der Waals surface area contributed by atoms with Gasteiger partial charge in [-0.1, -0.05) is 36.4 Å². The van der Waals surface area contributed by atoms with Crippen molar-refractivity contribution in [3.63, 3.8) is 0 Å². The van der Waals surface area contributed by atoms with Crippen molar-refractivity contribution in [3.05, 3.63) is 83.9 Å². The van der Waals surface area contributed by atoms with E-state index in [1.807, 2.05) is 30.3 Å². The van der Waals surface area contributed by atoms with Gasteiger partial charge in [-0.05, 0) is 41.5 Å². The van der Waals surface area contributed by atoms with Crippen LogP contribution in [0.25, 0.3) is 0 Å². The topological polar surface area (TPSA) is 98.2 Å². The molecule has 0 atom stereocenters. The highest BCUT2D eigenvalue weighted by molar-refractivity contribution is 6.03. The van der Waals surface area contributed by atoms with Crippen LogP contribution in [0.3, 0.4) is 0 Å². The van der Waals surface area contributed by atoms with E-state index >= 15 is 0 Å². The second-order valence-corrected chi connectivity index (χ2v) is 6.93. The lowest BCUT2D eigenvalue weighted by atomic mass is 10.2. The summed E-state index contributed by atoms with van der Waals surface area (Å²) in [5, 5.41) is 6.55. The van der Waals surface area contributed by atoms with Crippen LogP contribution in [-0.4, -0.2) is 32.2 Å². The number of methoxy groups -OCH3 is 2. The summed E-state index contributed by atoms with van der Waals surface area (Å²) in [4.78, 5) is 24.0. The molecule has 0 bridgehead atoms. The minimum atomic E-state index is -0.540. The average molecular weight is 447 g/mol. The first-order valence-electron chi connectivity index (χ1n) is 10.2. The molecule has 0 heterocycles. The molecule has 0 saturated heterocycles. The number of hydrazone groups is 1. The highest BCUT2D eigenvalue weighted by atomic mass is 16.5. The Balaban J connectivity index is 1.50. The van der Waals surface area contributed by atoms with Crippen molar-refractivity contribution in [1.29, 1.82) is 0 Å². The van der Waals surface area contributed by atoms with Crippen molar-refractivity contribution in [1.82, 2.24) is 5.43 Å². The highest BCUT2D eigenvalue weighted by Crippen LogP contribution is 2.28. The summed E-state index contributed by atoms with van der Waals surface area (Å²) in [6.45, 7) is 0.415. The Kier molecular flexibility index (Phi) is 8.41. The monoisotopic (exact) mass is 447 g/mol. The van der Waals surface area contributed by atoms with Gasteiger partial charge in [0, 0.05) is 11.8 Å². The van der Waals surface area contributed by atoms with Crippen LogP contribution in [0, 0.1) is 0 Å². The van der Waals surface area contributed by atoms with Crippen molar-refractivity contribution in [3.8, 4) is 17.2 Å². The van der Waals surface area contributed by atoms with Gasteiger partial charge in [-0.25, -0.2) is 5.43 Å². The summed E-state index contributed by atoms with van der Waals surface area (Å²) < 4.78 is 16.3. The van der Waals surface area contributed by atoms with E-state index in [-0.39, 0.29) is 6.42 Å². The van der Waals surface area contributed by atoms with Gasteiger partial charge < -0.3 is 19.5 Å². The van der Waals surface area contributed by atoms with Crippen molar-refractivity contribution in [2.75, 3.05) is 19.5 Å². The number of amides is 2. The van der Waals surface area contributed by atoms with Gasteiger partial charge in [0.1, 0.15) is 18.8 Å². The number of nitrogens with zero attached hydrogens (tertiary/aromatic N) is 1. The van der Waals surface area contributed by atoms with E-state index in [2.05, 4.69) is 15.8 Å². The maximum Gasteiger partial charge on any atom is 0.249 e. The van der Waals surface area contributed by atoms with E-state index in [4.69, 9.17) is 14.2 Å². The standard InChI is InChI=1S/C25H25N3O5/c1-31-21-10-6-9-20(14-21)27-24(29)15-25(30)28-26-16-19-11-12-22(23(13-19)32-2)33-17-18-7-4-3-5-8-18/h3-14,16H,15,17H2,1-2H3,(H,27,29)(H,28,30). The molecule has 0 aliphatic carbocycles. The summed E-state index contributed by atoms with van der Waals surface area (Å²) in [5.74, 6) is 0.739. The number of nitrogens with one attached hydrogen (secondary N) is 2. The van der Waals surface area contributed by atoms with Crippen LogP contribution in [0.5, 0.6) is 17.2 Å². The van der Waals surface area contributed by atoms with E-state index in [9.17, 15) is 9.59 Å². The molecule has 8 nitrogen and oxygen atoms in total. The van der Waals surface area contributed by atoms with Crippen LogP contribution >= 0.6 is 0 Å². The zero-order valence-electron chi connectivity index (χ0n) is 18.4. The molecule has 3 aromatic rings. The third-order valence-corrected chi connectivity index (χ3v) is 4.50. The number of rotatable bonds is 10. The lowest BCUT2D eigenvalue weighted by Gasteiger charge is -2.11. The summed E-state index contributed by atoms with van der Waals surface area (Å²) in [6, 6.07) is 22.0. The molecule has 0 spiro atoms. The normalized spacial score (nSPS) is 10.5. The Morgan fingerprint density at radius 1 is 0.879 bits per heavy atom. The van der Waals surface area contributed by atoms with Crippen molar-refractivity contribution < 1.29 is 23.8 Å². The van der Waals surface area contributed by atoms with Gasteiger partial charge in [-0.2, -0.15) is 5.10 Å². The summed E-state index contributed by atoms with van der Waals surface area (Å²) in [5.41, 5.74) is 4.62. The molecule has 8 heteroatoms. The number of ether oxygens (including phenoxy) is 3. The molecule has 0 fully saturated rings. The maximum atomic E-state index is 12.0. The van der Waals surface area contributed by atoms with Gasteiger partial charge in [0.15, 0.2) is 11.5 Å².